The van der Waals surface area contributed by atoms with Crippen LogP contribution in [0.15, 0.2) is 18.2 Å². The maximum absolute atomic E-state index is 5.84. The van der Waals surface area contributed by atoms with E-state index in [2.05, 4.69) is 14.1 Å². The van der Waals surface area contributed by atoms with E-state index in [1.54, 1.807) is 14.2 Å². The van der Waals surface area contributed by atoms with Crippen LogP contribution >= 0.6 is 23.3 Å². The van der Waals surface area contributed by atoms with Crippen LogP contribution in [0.5, 0.6) is 11.5 Å². The number of hydrogen-bond acceptors (Lipinski definition) is 6. The second-order valence-corrected chi connectivity index (χ2v) is 4.33. The van der Waals surface area contributed by atoms with E-state index in [-0.39, 0.29) is 0 Å². The molecule has 0 atom stereocenters. The van der Waals surface area contributed by atoms with Crippen LogP contribution in [0.25, 0.3) is 0 Å². The zero-order valence-electron chi connectivity index (χ0n) is 9.94. The summed E-state index contributed by atoms with van der Waals surface area (Å²) in [5.41, 5.74) is 1.04. The van der Waals surface area contributed by atoms with E-state index in [4.69, 9.17) is 21.1 Å². The van der Waals surface area contributed by atoms with Crippen molar-refractivity contribution in [3.63, 3.8) is 0 Å². The summed E-state index contributed by atoms with van der Waals surface area (Å²) in [6, 6.07) is 5.71. The van der Waals surface area contributed by atoms with E-state index in [1.807, 2.05) is 18.2 Å². The monoisotopic (exact) mass is 285 g/mol. The number of nitrogens with one attached hydrogen (secondary N) is 1. The molecule has 2 rings (SSSR count). The van der Waals surface area contributed by atoms with Crippen molar-refractivity contribution in [2.45, 2.75) is 6.54 Å². The molecular formula is C11H12ClN3O2S. The Labute approximate surface area is 114 Å². The number of hydrogen-bond donors (Lipinski definition) is 1. The summed E-state index contributed by atoms with van der Waals surface area (Å²) in [4.78, 5) is 0. The molecule has 0 fully saturated rings. The van der Waals surface area contributed by atoms with Crippen LogP contribution in [0.1, 0.15) is 5.56 Å². The highest BCUT2D eigenvalue weighted by Crippen LogP contribution is 2.28. The maximum atomic E-state index is 5.84. The molecule has 96 valence electrons. The average Bonchev–Trinajstić information content (AvgIpc) is 2.81. The van der Waals surface area contributed by atoms with Gasteiger partial charge in [-0.25, -0.2) is 0 Å². The lowest BCUT2D eigenvalue weighted by atomic mass is 10.2. The fraction of sp³-hybridized carbons (Fsp3) is 0.273. The standard InChI is InChI=1S/C11H12ClN3O2S/c1-16-8-4-3-7(5-9(8)17-2)6-13-11-10(12)14-18-15-11/h3-5H,6H2,1-2H3,(H,13,15). The topological polar surface area (TPSA) is 56.3 Å². The first-order chi connectivity index (χ1) is 8.74. The molecule has 0 aliphatic carbocycles. The Kier molecular flexibility index (Phi) is 4.22. The van der Waals surface area contributed by atoms with Crippen molar-refractivity contribution in [3.8, 4) is 11.5 Å². The third-order valence-corrected chi connectivity index (χ3v) is 3.25. The first kappa shape index (κ1) is 12.9. The van der Waals surface area contributed by atoms with Crippen molar-refractivity contribution in [2.24, 2.45) is 0 Å². The molecule has 1 aromatic heterocycles. The summed E-state index contributed by atoms with van der Waals surface area (Å²) in [5.74, 6) is 1.99. The predicted molar refractivity (Wildman–Crippen MR) is 71.8 cm³/mol. The van der Waals surface area contributed by atoms with Crippen LogP contribution in [0, 0.1) is 0 Å². The van der Waals surface area contributed by atoms with Gasteiger partial charge in [-0.2, -0.15) is 8.75 Å². The van der Waals surface area contributed by atoms with Gasteiger partial charge in [-0.15, -0.1) is 0 Å². The number of methoxy groups -OCH3 is 2. The quantitative estimate of drug-likeness (QED) is 0.915. The molecule has 0 saturated carbocycles. The third kappa shape index (κ3) is 2.83. The molecule has 0 spiro atoms. The number of benzene rings is 1. The van der Waals surface area contributed by atoms with Gasteiger partial charge < -0.3 is 14.8 Å². The summed E-state index contributed by atoms with van der Waals surface area (Å²) in [5, 5.41) is 3.50. The Morgan fingerprint density at radius 2 is 2.00 bits per heavy atom. The lowest BCUT2D eigenvalue weighted by Gasteiger charge is -2.09. The van der Waals surface area contributed by atoms with Gasteiger partial charge in [-0.1, -0.05) is 17.7 Å². The molecule has 0 aliphatic heterocycles. The van der Waals surface area contributed by atoms with Gasteiger partial charge in [0.25, 0.3) is 0 Å². The smallest absolute Gasteiger partial charge is 0.186 e. The highest BCUT2D eigenvalue weighted by atomic mass is 35.5. The van der Waals surface area contributed by atoms with Crippen molar-refractivity contribution in [1.82, 2.24) is 8.75 Å². The summed E-state index contributed by atoms with van der Waals surface area (Å²) in [7, 11) is 3.22. The maximum Gasteiger partial charge on any atom is 0.186 e. The zero-order valence-corrected chi connectivity index (χ0v) is 11.5. The van der Waals surface area contributed by atoms with Crippen LogP contribution in [0.3, 0.4) is 0 Å². The minimum atomic E-state index is 0.389. The van der Waals surface area contributed by atoms with Gasteiger partial charge in [0.05, 0.1) is 25.9 Å². The van der Waals surface area contributed by atoms with Crippen molar-refractivity contribution >= 4 is 29.1 Å². The van der Waals surface area contributed by atoms with E-state index >= 15 is 0 Å². The van der Waals surface area contributed by atoms with E-state index < -0.39 is 0 Å². The highest BCUT2D eigenvalue weighted by Gasteiger charge is 2.07. The molecule has 0 unspecified atom stereocenters. The van der Waals surface area contributed by atoms with Crippen LogP contribution in [0.2, 0.25) is 5.15 Å². The number of halogens is 1. The predicted octanol–water partition coefficient (Wildman–Crippen LogP) is 2.82. The third-order valence-electron chi connectivity index (χ3n) is 2.36. The van der Waals surface area contributed by atoms with Gasteiger partial charge in [0.2, 0.25) is 0 Å². The first-order valence-corrected chi connectivity index (χ1v) is 6.28. The molecule has 0 bridgehead atoms. The number of ether oxygens (including phenoxy) is 2. The van der Waals surface area contributed by atoms with Crippen LogP contribution < -0.4 is 14.8 Å². The van der Waals surface area contributed by atoms with E-state index in [9.17, 15) is 0 Å². The Hall–Kier alpha value is -1.53. The zero-order chi connectivity index (χ0) is 13.0. The fourth-order valence-electron chi connectivity index (χ4n) is 1.46. The lowest BCUT2D eigenvalue weighted by Crippen LogP contribution is -2.01. The van der Waals surface area contributed by atoms with Crippen LogP contribution in [-0.2, 0) is 6.54 Å². The van der Waals surface area contributed by atoms with Crippen LogP contribution in [-0.4, -0.2) is 23.0 Å². The molecule has 1 N–H and O–H groups in total. The van der Waals surface area contributed by atoms with Gasteiger partial charge in [-0.3, -0.25) is 0 Å². The van der Waals surface area contributed by atoms with Gasteiger partial charge >= 0.3 is 0 Å². The minimum Gasteiger partial charge on any atom is -0.493 e. The summed E-state index contributed by atoms with van der Waals surface area (Å²) < 4.78 is 18.3. The van der Waals surface area contributed by atoms with Crippen molar-refractivity contribution < 1.29 is 9.47 Å². The fourth-order valence-corrected chi connectivity index (χ4v) is 2.14. The summed E-state index contributed by atoms with van der Waals surface area (Å²) >= 11 is 6.92. The van der Waals surface area contributed by atoms with Gasteiger partial charge in [0, 0.05) is 6.54 Å². The molecule has 0 amide bonds. The van der Waals surface area contributed by atoms with E-state index in [0.717, 1.165) is 17.3 Å². The molecule has 2 aromatic rings. The Balaban J connectivity index is 2.08. The second kappa shape index (κ2) is 5.88. The number of rotatable bonds is 5. The van der Waals surface area contributed by atoms with E-state index in [1.165, 1.54) is 0 Å². The second-order valence-electron chi connectivity index (χ2n) is 3.45. The molecule has 5 nitrogen and oxygen atoms in total. The number of aromatic nitrogens is 2. The lowest BCUT2D eigenvalue weighted by molar-refractivity contribution is 0.354. The molecule has 0 aliphatic rings. The summed E-state index contributed by atoms with van der Waals surface area (Å²) in [6.07, 6.45) is 0. The largest absolute Gasteiger partial charge is 0.493 e. The molecule has 0 saturated heterocycles. The van der Waals surface area contributed by atoms with Crippen molar-refractivity contribution in [1.29, 1.82) is 0 Å². The van der Waals surface area contributed by atoms with Gasteiger partial charge in [-0.05, 0) is 17.7 Å². The van der Waals surface area contributed by atoms with Gasteiger partial charge in [0.1, 0.15) is 0 Å². The SMILES string of the molecule is COc1ccc(CNc2nsnc2Cl)cc1OC. The van der Waals surface area contributed by atoms with Gasteiger partial charge in [0.15, 0.2) is 22.5 Å². The Morgan fingerprint density at radius 1 is 1.22 bits per heavy atom. The summed E-state index contributed by atoms with van der Waals surface area (Å²) in [6.45, 7) is 0.589. The van der Waals surface area contributed by atoms with E-state index in [0.29, 0.717) is 29.0 Å². The normalized spacial score (nSPS) is 10.2. The molecule has 7 heteroatoms. The molecule has 1 aromatic carbocycles. The molecular weight excluding hydrogens is 274 g/mol. The average molecular weight is 286 g/mol. The van der Waals surface area contributed by atoms with Crippen molar-refractivity contribution in [2.75, 3.05) is 19.5 Å². The highest BCUT2D eigenvalue weighted by molar-refractivity contribution is 6.99. The van der Waals surface area contributed by atoms with Crippen molar-refractivity contribution in [3.05, 3.63) is 28.9 Å². The van der Waals surface area contributed by atoms with Crippen LogP contribution in [0.4, 0.5) is 5.82 Å². The molecule has 1 heterocycles. The number of nitrogens with zero attached hydrogens (tertiary/aromatic N) is 2. The minimum absolute atomic E-state index is 0.389. The Bertz CT molecular complexity index is 533. The molecule has 0 radical (unpaired) electrons. The Morgan fingerprint density at radius 3 is 2.61 bits per heavy atom. The molecule has 18 heavy (non-hydrogen) atoms. The number of anilines is 1. The first-order valence-electron chi connectivity index (χ1n) is 5.17.